The fourth-order valence-corrected chi connectivity index (χ4v) is 14.0. The van der Waals surface area contributed by atoms with E-state index in [1.165, 1.54) is 61.0 Å². The van der Waals surface area contributed by atoms with Crippen molar-refractivity contribution in [3.63, 3.8) is 0 Å². The van der Waals surface area contributed by atoms with Crippen molar-refractivity contribution in [2.45, 2.75) is 313 Å². The number of methoxy groups -OCH3 is 2. The predicted molar refractivity (Wildman–Crippen MR) is 329 cm³/mol. The molecule has 94 heavy (non-hydrogen) atoms. The molecule has 5 heterocycles. The third kappa shape index (κ3) is 17.7. The summed E-state index contributed by atoms with van der Waals surface area (Å²) in [5, 5.41) is 81.3. The van der Waals surface area contributed by atoms with Crippen LogP contribution in [0.1, 0.15) is 174 Å². The van der Waals surface area contributed by atoms with Crippen LogP contribution in [0.5, 0.6) is 17.2 Å². The van der Waals surface area contributed by atoms with Gasteiger partial charge in [0, 0.05) is 78.1 Å². The van der Waals surface area contributed by atoms with Crippen molar-refractivity contribution in [2.24, 2.45) is 5.92 Å². The van der Waals surface area contributed by atoms with Gasteiger partial charge in [0.25, 0.3) is 0 Å². The maximum absolute atomic E-state index is 15.5. The van der Waals surface area contributed by atoms with Gasteiger partial charge in [-0.1, -0.05) is 45.4 Å². The molecule has 0 radical (unpaired) electrons. The first-order valence-corrected chi connectivity index (χ1v) is 33.1. The number of unbranched alkanes of at least 4 members (excludes halogenated alkanes) is 6. The summed E-state index contributed by atoms with van der Waals surface area (Å²) in [6, 6.07) is 3.06. The number of rotatable bonds is 27. The zero-order valence-corrected chi connectivity index (χ0v) is 56.2. The van der Waals surface area contributed by atoms with Gasteiger partial charge in [-0.15, -0.1) is 0 Å². The number of carbonyl (C=O) groups excluding carboxylic acids is 5. The fraction of sp³-hybridized carbons (Fsp3) is 0.776. The lowest BCUT2D eigenvalue weighted by Crippen LogP contribution is -2.59. The van der Waals surface area contributed by atoms with E-state index in [9.17, 15) is 54.9 Å². The van der Waals surface area contributed by atoms with E-state index in [1.807, 2.05) is 0 Å². The summed E-state index contributed by atoms with van der Waals surface area (Å²) >= 11 is 0. The Bertz CT molecular complexity index is 2890. The Morgan fingerprint density at radius 3 is 1.82 bits per heavy atom. The van der Waals surface area contributed by atoms with Crippen molar-refractivity contribution in [1.82, 2.24) is 0 Å². The summed E-state index contributed by atoms with van der Waals surface area (Å²) in [5.74, 6) is -5.99. The van der Waals surface area contributed by atoms with Gasteiger partial charge in [0.1, 0.15) is 65.6 Å². The number of esters is 3. The zero-order chi connectivity index (χ0) is 68.8. The van der Waals surface area contributed by atoms with Crippen molar-refractivity contribution in [3.8, 4) is 17.2 Å². The summed E-state index contributed by atoms with van der Waals surface area (Å²) in [7, 11) is 2.67. The third-order valence-electron chi connectivity index (χ3n) is 18.9. The molecule has 7 N–H and O–H groups in total. The summed E-state index contributed by atoms with van der Waals surface area (Å²) in [5.41, 5.74) is -1.54. The van der Waals surface area contributed by atoms with E-state index in [1.54, 1.807) is 34.6 Å². The van der Waals surface area contributed by atoms with Gasteiger partial charge < -0.3 is 107 Å². The summed E-state index contributed by atoms with van der Waals surface area (Å²) in [6.07, 6.45) is -19.4. The monoisotopic (exact) mass is 1340 g/mol. The van der Waals surface area contributed by atoms with Crippen LogP contribution in [0.25, 0.3) is 10.8 Å². The molecule has 1 aliphatic carbocycles. The van der Waals surface area contributed by atoms with E-state index in [0.29, 0.717) is 6.42 Å². The van der Waals surface area contributed by atoms with Crippen LogP contribution >= 0.6 is 0 Å². The van der Waals surface area contributed by atoms with Gasteiger partial charge in [-0.05, 0) is 91.3 Å². The van der Waals surface area contributed by atoms with E-state index in [2.05, 4.69) is 6.92 Å². The van der Waals surface area contributed by atoms with Gasteiger partial charge in [-0.2, -0.15) is 0 Å². The Morgan fingerprint density at radius 1 is 0.681 bits per heavy atom. The SMILES string of the molecule is CCCCCCCCCC(=O)O[C@H](C)[C@H](O)C(=O)[C@@H](OC)[C@@H]1Cc2cc3cc(O[C@H]4C[C@@H](O[C@@H]5C[C@@H](O)[C@@H](OC)[C@@H](C)O5)[C@@H](OC(C)=O)[C@@H](C)O4)c(C)c(O)c3c(O)c2C(=O)[C@H]1O[C@H]1C[C@@H](O[C@H]2C[C@@H](O[C@H]3C[C@](C)(O)[C@@H](OC(C)=O)[C@H](C)O3)[C@H](O)[C@@H](C)O2)[C@H](O)[C@@H](C)O1. The molecule has 0 spiro atoms. The number of aliphatic hydroxyl groups is 5. The van der Waals surface area contributed by atoms with Gasteiger partial charge in [0.05, 0.1) is 59.8 Å². The van der Waals surface area contributed by atoms with Crippen molar-refractivity contribution < 1.29 is 131 Å². The van der Waals surface area contributed by atoms with Gasteiger partial charge in [-0.25, -0.2) is 0 Å². The highest BCUT2D eigenvalue weighted by atomic mass is 16.7. The molecule has 0 aromatic heterocycles. The van der Waals surface area contributed by atoms with Crippen LogP contribution in [0.2, 0.25) is 0 Å². The molecule has 0 saturated carbocycles. The topological polar surface area (TPSA) is 365 Å². The van der Waals surface area contributed by atoms with Crippen LogP contribution < -0.4 is 4.74 Å². The van der Waals surface area contributed by atoms with Crippen molar-refractivity contribution in [1.29, 1.82) is 0 Å². The number of phenols is 2. The number of hydrogen-bond acceptors (Lipinski definition) is 27. The Morgan fingerprint density at radius 2 is 1.22 bits per heavy atom. The number of ketones is 2. The molecule has 8 rings (SSSR count). The van der Waals surface area contributed by atoms with Crippen LogP contribution in [0.3, 0.4) is 0 Å². The molecule has 27 nitrogen and oxygen atoms in total. The number of Topliss-reactive ketones (excluding diaryl/α,β-unsaturated/α-hetero) is 2. The first-order chi connectivity index (χ1) is 44.4. The highest BCUT2D eigenvalue weighted by Crippen LogP contribution is 2.48. The van der Waals surface area contributed by atoms with E-state index >= 15 is 4.79 Å². The fourth-order valence-electron chi connectivity index (χ4n) is 14.0. The smallest absolute Gasteiger partial charge is 0.306 e. The minimum absolute atomic E-state index is 0.0345. The summed E-state index contributed by atoms with van der Waals surface area (Å²) in [6.45, 7) is 17.1. The van der Waals surface area contributed by atoms with Crippen LogP contribution in [-0.2, 0) is 91.9 Å². The van der Waals surface area contributed by atoms with Crippen LogP contribution in [-0.4, -0.2) is 226 Å². The standard InChI is InChI=1S/C67H100O27/c1-14-15-16-17-18-19-20-21-47(71)82-33(5)58(75)61(78)64(81-13)41-23-39-22-40-24-43(90-50-28-46(63(35(7)86-50)88-37(9)68)93-48-25-42(70)62(80-12)34(6)85-48)30(2)55(72)53(40)59(76)54(39)60(77)65(41)94-51-27-44(56(73)32(4)84-51)91-49-26-45(57(74)31(3)83-49)92-52-29-67(11,79)66(36(8)87-52)89-38(10)69/h22,24,31-36,41-42,44-46,48-52,56-58,62-66,70,72-76,79H,14-21,23,25-29H2,1-13H3/t31-,32-,33-,34-,35-,36+,41+,42-,44-,45-,46-,48-,49+,50+,51+,52+,56-,57-,58+,62+,63+,64+,65+,66+,67+/m1/s1. The second kappa shape index (κ2) is 32.7. The quantitative estimate of drug-likeness (QED) is 0.0341. The molecule has 25 atom stereocenters. The number of aliphatic hydroxyl groups excluding tert-OH is 4. The number of phenolic OH excluding ortho intramolecular Hbond substituents is 2. The molecule has 6 aliphatic rings. The minimum Gasteiger partial charge on any atom is -0.507 e. The molecule has 2 aromatic carbocycles. The first kappa shape index (κ1) is 75.0. The second-order valence-corrected chi connectivity index (χ2v) is 26.4. The van der Waals surface area contributed by atoms with E-state index in [-0.39, 0.29) is 78.2 Å². The van der Waals surface area contributed by atoms with Crippen LogP contribution in [0.4, 0.5) is 0 Å². The van der Waals surface area contributed by atoms with Crippen LogP contribution in [0, 0.1) is 12.8 Å². The van der Waals surface area contributed by atoms with Crippen molar-refractivity contribution in [2.75, 3.05) is 14.2 Å². The maximum atomic E-state index is 15.5. The summed E-state index contributed by atoms with van der Waals surface area (Å²) in [4.78, 5) is 67.5. The molecule has 0 unspecified atom stereocenters. The van der Waals surface area contributed by atoms with Gasteiger partial charge in [-0.3, -0.25) is 24.0 Å². The largest absolute Gasteiger partial charge is 0.507 e. The Kier molecular flexibility index (Phi) is 26.1. The molecular weight excluding hydrogens is 1240 g/mol. The molecule has 2 aromatic rings. The molecule has 0 amide bonds. The number of benzene rings is 2. The average molecular weight is 1340 g/mol. The number of hydrogen-bond donors (Lipinski definition) is 7. The van der Waals surface area contributed by atoms with Gasteiger partial charge in [0.2, 0.25) is 6.29 Å². The Hall–Kier alpha value is -4.79. The van der Waals surface area contributed by atoms with Gasteiger partial charge >= 0.3 is 17.9 Å². The number of ether oxygens (including phenoxy) is 15. The number of fused-ring (bicyclic) bond motifs is 2. The molecule has 27 heteroatoms. The Labute approximate surface area is 548 Å². The Balaban J connectivity index is 1.06. The second-order valence-electron chi connectivity index (χ2n) is 26.4. The number of aromatic hydroxyl groups is 2. The lowest BCUT2D eigenvalue weighted by Gasteiger charge is -2.46. The maximum Gasteiger partial charge on any atom is 0.306 e. The molecule has 5 fully saturated rings. The number of carbonyl (C=O) groups is 5. The molecule has 5 aliphatic heterocycles. The molecule has 5 saturated heterocycles. The average Bonchev–Trinajstić information content (AvgIpc) is 0.734. The van der Waals surface area contributed by atoms with E-state index in [4.69, 9.17) is 71.1 Å². The van der Waals surface area contributed by atoms with Gasteiger partial charge in [0.15, 0.2) is 55.0 Å². The lowest BCUT2D eigenvalue weighted by molar-refractivity contribution is -0.334. The van der Waals surface area contributed by atoms with Crippen molar-refractivity contribution >= 4 is 40.2 Å². The highest BCUT2D eigenvalue weighted by molar-refractivity contribution is 6.11. The summed E-state index contributed by atoms with van der Waals surface area (Å²) < 4.78 is 90.7. The molecule has 0 bridgehead atoms. The van der Waals surface area contributed by atoms with Crippen molar-refractivity contribution in [3.05, 3.63) is 28.8 Å². The zero-order valence-electron chi connectivity index (χ0n) is 56.2. The highest BCUT2D eigenvalue weighted by Gasteiger charge is 2.53. The molecule has 530 valence electrons. The molecular formula is C67H100O27. The first-order valence-electron chi connectivity index (χ1n) is 33.1. The minimum atomic E-state index is -1.96. The third-order valence-corrected chi connectivity index (χ3v) is 18.9. The van der Waals surface area contributed by atoms with E-state index < -0.39 is 194 Å². The van der Waals surface area contributed by atoms with E-state index in [0.717, 1.165) is 38.5 Å². The predicted octanol–water partition coefficient (Wildman–Crippen LogP) is 5.24. The normalized spacial score (nSPS) is 36.4. The lowest BCUT2D eigenvalue weighted by atomic mass is 9.75. The van der Waals surface area contributed by atoms with Crippen LogP contribution in [0.15, 0.2) is 12.1 Å².